The number of rotatable bonds is 4. The Morgan fingerprint density at radius 1 is 1.17 bits per heavy atom. The summed E-state index contributed by atoms with van der Waals surface area (Å²) >= 11 is 0. The summed E-state index contributed by atoms with van der Waals surface area (Å²) in [5.74, 6) is 0.891. The monoisotopic (exact) mass is 256 g/mol. The molecule has 1 fully saturated rings. The first kappa shape index (κ1) is 15.5. The van der Waals surface area contributed by atoms with Crippen molar-refractivity contribution in [3.8, 4) is 0 Å². The van der Waals surface area contributed by atoms with E-state index in [1.165, 1.54) is 7.11 Å². The SMILES string of the molecule is COC(=O)C(O)(C(C)C)C1CCC(C(C)C)CC1. The maximum Gasteiger partial charge on any atom is 0.338 e. The molecule has 18 heavy (non-hydrogen) atoms. The lowest BCUT2D eigenvalue weighted by Gasteiger charge is -2.41. The fourth-order valence-corrected chi connectivity index (χ4v) is 3.26. The molecule has 0 radical (unpaired) electrons. The van der Waals surface area contributed by atoms with Gasteiger partial charge < -0.3 is 9.84 Å². The minimum absolute atomic E-state index is 0.0416. The molecule has 106 valence electrons. The van der Waals surface area contributed by atoms with Gasteiger partial charge in [0.2, 0.25) is 0 Å². The zero-order valence-electron chi connectivity index (χ0n) is 12.4. The van der Waals surface area contributed by atoms with Crippen molar-refractivity contribution in [2.75, 3.05) is 7.11 Å². The van der Waals surface area contributed by atoms with E-state index in [1.807, 2.05) is 13.8 Å². The van der Waals surface area contributed by atoms with Gasteiger partial charge in [0, 0.05) is 0 Å². The molecule has 0 aromatic carbocycles. The summed E-state index contributed by atoms with van der Waals surface area (Å²) < 4.78 is 4.82. The number of carbonyl (C=O) groups excluding carboxylic acids is 1. The Labute approximate surface area is 111 Å². The highest BCUT2D eigenvalue weighted by Crippen LogP contribution is 2.41. The molecule has 0 aromatic rings. The van der Waals surface area contributed by atoms with Crippen LogP contribution in [0.2, 0.25) is 0 Å². The molecule has 1 saturated carbocycles. The third kappa shape index (κ3) is 2.87. The first-order chi connectivity index (χ1) is 8.33. The highest BCUT2D eigenvalue weighted by molar-refractivity contribution is 5.80. The normalized spacial score (nSPS) is 28.2. The molecule has 1 N–H and O–H groups in total. The first-order valence-corrected chi connectivity index (χ1v) is 7.14. The van der Waals surface area contributed by atoms with Gasteiger partial charge in [0.1, 0.15) is 0 Å². The molecule has 0 aliphatic heterocycles. The van der Waals surface area contributed by atoms with Crippen molar-refractivity contribution in [2.24, 2.45) is 23.7 Å². The number of methoxy groups -OCH3 is 1. The van der Waals surface area contributed by atoms with Crippen molar-refractivity contribution < 1.29 is 14.6 Å². The van der Waals surface area contributed by atoms with Crippen molar-refractivity contribution >= 4 is 5.97 Å². The number of carbonyl (C=O) groups is 1. The highest BCUT2D eigenvalue weighted by atomic mass is 16.5. The summed E-state index contributed by atoms with van der Waals surface area (Å²) in [5, 5.41) is 10.7. The predicted molar refractivity (Wildman–Crippen MR) is 72.1 cm³/mol. The lowest BCUT2D eigenvalue weighted by molar-refractivity contribution is -0.178. The summed E-state index contributed by atoms with van der Waals surface area (Å²) in [6.45, 7) is 8.29. The standard InChI is InChI=1S/C15H28O3/c1-10(2)12-6-8-13(9-7-12)15(17,11(3)4)14(16)18-5/h10-13,17H,6-9H2,1-5H3. The number of ether oxygens (including phenoxy) is 1. The molecular formula is C15H28O3. The second kappa shape index (κ2) is 6.05. The maximum absolute atomic E-state index is 11.9. The van der Waals surface area contributed by atoms with E-state index in [2.05, 4.69) is 13.8 Å². The van der Waals surface area contributed by atoms with Gasteiger partial charge >= 0.3 is 5.97 Å². The molecule has 0 saturated heterocycles. The summed E-state index contributed by atoms with van der Waals surface area (Å²) in [4.78, 5) is 11.9. The van der Waals surface area contributed by atoms with Crippen molar-refractivity contribution in [1.82, 2.24) is 0 Å². The van der Waals surface area contributed by atoms with Gasteiger partial charge in [-0.1, -0.05) is 27.7 Å². The van der Waals surface area contributed by atoms with Crippen LogP contribution >= 0.6 is 0 Å². The van der Waals surface area contributed by atoms with E-state index >= 15 is 0 Å². The zero-order valence-corrected chi connectivity index (χ0v) is 12.4. The van der Waals surface area contributed by atoms with E-state index < -0.39 is 11.6 Å². The van der Waals surface area contributed by atoms with Crippen LogP contribution in [0.3, 0.4) is 0 Å². The summed E-state index contributed by atoms with van der Waals surface area (Å²) in [6.07, 6.45) is 4.06. The molecule has 1 aliphatic carbocycles. The Morgan fingerprint density at radius 2 is 1.67 bits per heavy atom. The van der Waals surface area contributed by atoms with Crippen LogP contribution in [-0.4, -0.2) is 23.8 Å². The van der Waals surface area contributed by atoms with E-state index in [0.29, 0.717) is 5.92 Å². The Balaban J connectivity index is 2.76. The molecular weight excluding hydrogens is 228 g/mol. The fraction of sp³-hybridized carbons (Fsp3) is 0.933. The number of hydrogen-bond donors (Lipinski definition) is 1. The van der Waals surface area contributed by atoms with Crippen LogP contribution in [0.1, 0.15) is 53.4 Å². The minimum atomic E-state index is -1.31. The minimum Gasteiger partial charge on any atom is -0.467 e. The summed E-state index contributed by atoms with van der Waals surface area (Å²) in [7, 11) is 1.36. The second-order valence-electron chi connectivity index (χ2n) is 6.33. The van der Waals surface area contributed by atoms with E-state index in [-0.39, 0.29) is 11.8 Å². The molecule has 0 heterocycles. The lowest BCUT2D eigenvalue weighted by Crippen LogP contribution is -2.52. The van der Waals surface area contributed by atoms with Crippen LogP contribution in [0, 0.1) is 23.7 Å². The fourth-order valence-electron chi connectivity index (χ4n) is 3.26. The molecule has 0 amide bonds. The Hall–Kier alpha value is -0.570. The van der Waals surface area contributed by atoms with Gasteiger partial charge in [-0.15, -0.1) is 0 Å². The van der Waals surface area contributed by atoms with Crippen molar-refractivity contribution in [2.45, 2.75) is 59.0 Å². The van der Waals surface area contributed by atoms with Gasteiger partial charge in [0.15, 0.2) is 5.60 Å². The first-order valence-electron chi connectivity index (χ1n) is 7.14. The maximum atomic E-state index is 11.9. The van der Waals surface area contributed by atoms with Crippen molar-refractivity contribution in [3.05, 3.63) is 0 Å². The molecule has 0 bridgehead atoms. The van der Waals surface area contributed by atoms with E-state index in [9.17, 15) is 9.90 Å². The van der Waals surface area contributed by atoms with Gasteiger partial charge in [0.05, 0.1) is 7.11 Å². The Bertz CT molecular complexity index is 277. The molecule has 0 aromatic heterocycles. The van der Waals surface area contributed by atoms with Crippen LogP contribution in [0.15, 0.2) is 0 Å². The van der Waals surface area contributed by atoms with E-state index in [1.54, 1.807) is 0 Å². The molecule has 1 rings (SSSR count). The number of hydrogen-bond acceptors (Lipinski definition) is 3. The zero-order chi connectivity index (χ0) is 13.9. The van der Waals surface area contributed by atoms with Crippen LogP contribution in [0.5, 0.6) is 0 Å². The van der Waals surface area contributed by atoms with E-state index in [0.717, 1.165) is 31.6 Å². The lowest BCUT2D eigenvalue weighted by atomic mass is 9.67. The third-order valence-corrected chi connectivity index (χ3v) is 4.73. The van der Waals surface area contributed by atoms with Crippen LogP contribution in [0.25, 0.3) is 0 Å². The summed E-state index contributed by atoms with van der Waals surface area (Å²) in [5.41, 5.74) is -1.31. The third-order valence-electron chi connectivity index (χ3n) is 4.73. The van der Waals surface area contributed by atoms with E-state index in [4.69, 9.17) is 4.74 Å². The summed E-state index contributed by atoms with van der Waals surface area (Å²) in [6, 6.07) is 0. The molecule has 1 aliphatic rings. The van der Waals surface area contributed by atoms with Crippen LogP contribution in [-0.2, 0) is 9.53 Å². The van der Waals surface area contributed by atoms with Crippen LogP contribution < -0.4 is 0 Å². The molecule has 3 nitrogen and oxygen atoms in total. The molecule has 0 spiro atoms. The average Bonchev–Trinajstić information content (AvgIpc) is 2.36. The quantitative estimate of drug-likeness (QED) is 0.786. The molecule has 1 atom stereocenters. The van der Waals surface area contributed by atoms with Gasteiger partial charge in [-0.2, -0.15) is 0 Å². The van der Waals surface area contributed by atoms with Crippen molar-refractivity contribution in [1.29, 1.82) is 0 Å². The Morgan fingerprint density at radius 3 is 2.00 bits per heavy atom. The smallest absolute Gasteiger partial charge is 0.338 e. The van der Waals surface area contributed by atoms with Gasteiger partial charge in [-0.25, -0.2) is 4.79 Å². The number of aliphatic hydroxyl groups is 1. The molecule has 1 unspecified atom stereocenters. The number of esters is 1. The van der Waals surface area contributed by atoms with Gasteiger partial charge in [-0.3, -0.25) is 0 Å². The average molecular weight is 256 g/mol. The highest BCUT2D eigenvalue weighted by Gasteiger charge is 2.48. The van der Waals surface area contributed by atoms with Crippen molar-refractivity contribution in [3.63, 3.8) is 0 Å². The molecule has 3 heteroatoms. The van der Waals surface area contributed by atoms with Gasteiger partial charge in [0.25, 0.3) is 0 Å². The van der Waals surface area contributed by atoms with Crippen LogP contribution in [0.4, 0.5) is 0 Å². The second-order valence-corrected chi connectivity index (χ2v) is 6.33. The Kier molecular flexibility index (Phi) is 5.20. The predicted octanol–water partition coefficient (Wildman–Crippen LogP) is 3.01. The largest absolute Gasteiger partial charge is 0.467 e. The van der Waals surface area contributed by atoms with Gasteiger partial charge in [-0.05, 0) is 49.4 Å². The topological polar surface area (TPSA) is 46.5 Å².